The number of nitrogens with one attached hydrogen (secondary N) is 1. The first-order valence-corrected chi connectivity index (χ1v) is 7.23. The summed E-state index contributed by atoms with van der Waals surface area (Å²) in [5, 5.41) is 8.46. The summed E-state index contributed by atoms with van der Waals surface area (Å²) in [6.45, 7) is 6.55. The third-order valence-electron chi connectivity index (χ3n) is 3.04. The van der Waals surface area contributed by atoms with Crippen LogP contribution in [0, 0.1) is 0 Å². The maximum absolute atomic E-state index is 12.1. The van der Waals surface area contributed by atoms with Gasteiger partial charge in [0.05, 0.1) is 10.6 Å². The van der Waals surface area contributed by atoms with Gasteiger partial charge in [-0.3, -0.25) is 9.48 Å². The number of carbonyl (C=O) groups is 1. The van der Waals surface area contributed by atoms with Gasteiger partial charge in [0, 0.05) is 25.0 Å². The van der Waals surface area contributed by atoms with Crippen molar-refractivity contribution in [2.45, 2.75) is 32.7 Å². The Balaban J connectivity index is 2.36. The van der Waals surface area contributed by atoms with Gasteiger partial charge in [0.1, 0.15) is 4.83 Å². The van der Waals surface area contributed by atoms with E-state index in [1.165, 1.54) is 11.3 Å². The quantitative estimate of drug-likeness (QED) is 0.897. The minimum absolute atomic E-state index is 0.0135. The molecule has 0 aliphatic rings. The number of aromatic nitrogens is 2. The Morgan fingerprint density at radius 2 is 2.21 bits per heavy atom. The van der Waals surface area contributed by atoms with Gasteiger partial charge in [-0.15, -0.1) is 11.3 Å². The van der Waals surface area contributed by atoms with E-state index >= 15 is 0 Å². The molecule has 5 nitrogen and oxygen atoms in total. The number of thiophene rings is 1. The fourth-order valence-corrected chi connectivity index (χ4v) is 2.94. The highest BCUT2D eigenvalue weighted by molar-refractivity contribution is 7.20. The molecular weight excluding hydrogens is 260 g/mol. The number of amides is 1. The van der Waals surface area contributed by atoms with E-state index in [-0.39, 0.29) is 11.9 Å². The standard InChI is InChI=1S/C13H20N4OS/c1-7(2)11-9-5-10(12(18)15-8(3)6-14)19-13(9)17(4)16-11/h5,7-8H,6,14H2,1-4H3,(H,15,18)/t8-/m0/s1. The lowest BCUT2D eigenvalue weighted by molar-refractivity contribution is 0.0945. The molecule has 0 spiro atoms. The molecule has 2 rings (SSSR count). The normalized spacial score (nSPS) is 13.2. The Morgan fingerprint density at radius 1 is 1.53 bits per heavy atom. The fourth-order valence-electron chi connectivity index (χ4n) is 1.96. The van der Waals surface area contributed by atoms with Crippen LogP contribution in [0.2, 0.25) is 0 Å². The van der Waals surface area contributed by atoms with Gasteiger partial charge >= 0.3 is 0 Å². The Bertz CT molecular complexity index is 599. The zero-order valence-corrected chi connectivity index (χ0v) is 12.5. The van der Waals surface area contributed by atoms with Gasteiger partial charge in [-0.2, -0.15) is 5.10 Å². The molecule has 3 N–H and O–H groups in total. The van der Waals surface area contributed by atoms with E-state index in [2.05, 4.69) is 24.3 Å². The predicted molar refractivity (Wildman–Crippen MR) is 78.7 cm³/mol. The molecule has 104 valence electrons. The number of hydrogen-bond donors (Lipinski definition) is 2. The summed E-state index contributed by atoms with van der Waals surface area (Å²) in [5.41, 5.74) is 6.56. The molecule has 0 aliphatic heterocycles. The number of fused-ring (bicyclic) bond motifs is 1. The molecule has 0 unspecified atom stereocenters. The summed E-state index contributed by atoms with van der Waals surface area (Å²) < 4.78 is 1.85. The summed E-state index contributed by atoms with van der Waals surface area (Å²) >= 11 is 1.47. The number of hydrogen-bond acceptors (Lipinski definition) is 4. The van der Waals surface area contributed by atoms with Crippen molar-refractivity contribution in [1.82, 2.24) is 15.1 Å². The van der Waals surface area contributed by atoms with Gasteiger partial charge in [-0.1, -0.05) is 13.8 Å². The first-order chi connectivity index (χ1) is 8.93. The fraction of sp³-hybridized carbons (Fsp3) is 0.538. The number of nitrogens with zero attached hydrogens (tertiary/aromatic N) is 2. The number of aryl methyl sites for hydroxylation is 1. The molecular formula is C13H20N4OS. The van der Waals surface area contributed by atoms with E-state index in [0.29, 0.717) is 17.3 Å². The lowest BCUT2D eigenvalue weighted by atomic mass is 10.1. The highest BCUT2D eigenvalue weighted by Crippen LogP contribution is 2.31. The van der Waals surface area contributed by atoms with Crippen molar-refractivity contribution in [2.24, 2.45) is 12.8 Å². The molecule has 0 saturated carbocycles. The lowest BCUT2D eigenvalue weighted by Crippen LogP contribution is -2.37. The topological polar surface area (TPSA) is 72.9 Å². The van der Waals surface area contributed by atoms with Gasteiger partial charge in [-0.25, -0.2) is 0 Å². The lowest BCUT2D eigenvalue weighted by Gasteiger charge is -2.09. The average Bonchev–Trinajstić information content (AvgIpc) is 2.90. The average molecular weight is 280 g/mol. The number of nitrogens with two attached hydrogens (primary N) is 1. The van der Waals surface area contributed by atoms with Crippen molar-refractivity contribution < 1.29 is 4.79 Å². The molecule has 1 amide bonds. The first-order valence-electron chi connectivity index (χ1n) is 6.41. The summed E-state index contributed by atoms with van der Waals surface area (Å²) in [4.78, 5) is 13.8. The van der Waals surface area contributed by atoms with Crippen LogP contribution in [0.3, 0.4) is 0 Å². The first kappa shape index (κ1) is 14.0. The van der Waals surface area contributed by atoms with Crippen molar-refractivity contribution >= 4 is 27.5 Å². The molecule has 0 fully saturated rings. The zero-order valence-electron chi connectivity index (χ0n) is 11.7. The summed E-state index contributed by atoms with van der Waals surface area (Å²) in [6, 6.07) is 1.92. The molecule has 0 saturated heterocycles. The van der Waals surface area contributed by atoms with Gasteiger partial charge in [0.2, 0.25) is 0 Å². The van der Waals surface area contributed by atoms with Crippen LogP contribution in [-0.2, 0) is 7.05 Å². The van der Waals surface area contributed by atoms with Crippen molar-refractivity contribution in [3.63, 3.8) is 0 Å². The van der Waals surface area contributed by atoms with E-state index in [1.54, 1.807) is 0 Å². The Hall–Kier alpha value is -1.40. The molecule has 6 heteroatoms. The third kappa shape index (κ3) is 2.64. The van der Waals surface area contributed by atoms with Gasteiger partial charge < -0.3 is 11.1 Å². The minimum atomic E-state index is -0.0612. The molecule has 1 atom stereocenters. The van der Waals surface area contributed by atoms with Crippen molar-refractivity contribution in [3.05, 3.63) is 16.6 Å². The second-order valence-electron chi connectivity index (χ2n) is 5.10. The van der Waals surface area contributed by atoms with Crippen LogP contribution in [0.4, 0.5) is 0 Å². The van der Waals surface area contributed by atoms with Gasteiger partial charge in [0.25, 0.3) is 5.91 Å². The van der Waals surface area contributed by atoms with Crippen LogP contribution in [-0.4, -0.2) is 28.3 Å². The van der Waals surface area contributed by atoms with Gasteiger partial charge in [-0.05, 0) is 18.9 Å². The minimum Gasteiger partial charge on any atom is -0.348 e. The number of rotatable bonds is 4. The van der Waals surface area contributed by atoms with E-state index in [4.69, 9.17) is 5.73 Å². The smallest absolute Gasteiger partial charge is 0.261 e. The van der Waals surface area contributed by atoms with Crippen LogP contribution in [0.15, 0.2) is 6.07 Å². The van der Waals surface area contributed by atoms with Gasteiger partial charge in [0.15, 0.2) is 0 Å². The molecule has 19 heavy (non-hydrogen) atoms. The second-order valence-corrected chi connectivity index (χ2v) is 6.13. The highest BCUT2D eigenvalue weighted by atomic mass is 32.1. The van der Waals surface area contributed by atoms with E-state index < -0.39 is 0 Å². The van der Waals surface area contributed by atoms with Crippen LogP contribution in [0.1, 0.15) is 42.1 Å². The summed E-state index contributed by atoms with van der Waals surface area (Å²) in [5.74, 6) is 0.283. The largest absolute Gasteiger partial charge is 0.348 e. The Morgan fingerprint density at radius 3 is 2.79 bits per heavy atom. The second kappa shape index (κ2) is 5.30. The van der Waals surface area contributed by atoms with Crippen molar-refractivity contribution in [3.8, 4) is 0 Å². The third-order valence-corrected chi connectivity index (χ3v) is 4.24. The van der Waals surface area contributed by atoms with E-state index in [9.17, 15) is 4.79 Å². The van der Waals surface area contributed by atoms with E-state index in [0.717, 1.165) is 15.9 Å². The monoisotopic (exact) mass is 280 g/mol. The van der Waals surface area contributed by atoms with Crippen LogP contribution in [0.25, 0.3) is 10.2 Å². The maximum Gasteiger partial charge on any atom is 0.261 e. The summed E-state index contributed by atoms with van der Waals surface area (Å²) in [7, 11) is 1.91. The molecule has 2 heterocycles. The van der Waals surface area contributed by atoms with E-state index in [1.807, 2.05) is 24.7 Å². The molecule has 2 aromatic heterocycles. The van der Waals surface area contributed by atoms with Crippen LogP contribution >= 0.6 is 11.3 Å². The Kier molecular flexibility index (Phi) is 3.91. The Labute approximate surface area is 116 Å². The zero-order chi connectivity index (χ0) is 14.2. The molecule has 0 aliphatic carbocycles. The molecule has 0 radical (unpaired) electrons. The molecule has 2 aromatic rings. The SMILES string of the molecule is CC(C)c1nn(C)c2sc(C(=O)N[C@@H](C)CN)cc12. The van der Waals surface area contributed by atoms with Crippen molar-refractivity contribution in [1.29, 1.82) is 0 Å². The van der Waals surface area contributed by atoms with Crippen molar-refractivity contribution in [2.75, 3.05) is 6.54 Å². The maximum atomic E-state index is 12.1. The predicted octanol–water partition coefficient (Wildman–Crippen LogP) is 1.84. The highest BCUT2D eigenvalue weighted by Gasteiger charge is 2.18. The number of carbonyl (C=O) groups excluding carboxylic acids is 1. The summed E-state index contributed by atoms with van der Waals surface area (Å²) in [6.07, 6.45) is 0. The van der Waals surface area contributed by atoms with Crippen LogP contribution < -0.4 is 11.1 Å². The molecule has 0 bridgehead atoms. The molecule has 0 aromatic carbocycles. The van der Waals surface area contributed by atoms with Crippen LogP contribution in [0.5, 0.6) is 0 Å².